The van der Waals surface area contributed by atoms with E-state index in [0.29, 0.717) is 15.6 Å². The lowest BCUT2D eigenvalue weighted by Crippen LogP contribution is -2.50. The van der Waals surface area contributed by atoms with Crippen LogP contribution in [0.1, 0.15) is 12.5 Å². The molecule has 0 aliphatic carbocycles. The first-order valence-corrected chi connectivity index (χ1v) is 11.3. The zero-order chi connectivity index (χ0) is 23.2. The van der Waals surface area contributed by atoms with Gasteiger partial charge in [-0.15, -0.1) is 0 Å². The highest BCUT2D eigenvalue weighted by atomic mass is 32.2. The Morgan fingerprint density at radius 1 is 1.13 bits per heavy atom. The summed E-state index contributed by atoms with van der Waals surface area (Å²) in [7, 11) is -1.00. The third-order valence-corrected chi connectivity index (χ3v) is 5.85. The van der Waals surface area contributed by atoms with Gasteiger partial charge in [0.25, 0.3) is 0 Å². The number of carbonyl (C=O) groups excluding carboxylic acids is 2. The fraction of sp³-hybridized carbons (Fsp3) is 0.333. The van der Waals surface area contributed by atoms with Crippen LogP contribution < -0.4 is 14.4 Å². The van der Waals surface area contributed by atoms with E-state index in [0.717, 1.165) is 12.3 Å². The number of likely N-dealkylation sites (N-methyl/N-ethyl adjacent to an activating group) is 1. The number of nitrogens with zero attached hydrogens (tertiary/aromatic N) is 2. The molecule has 8 nitrogen and oxygen atoms in total. The number of nitrogens with one attached hydrogen (secondary N) is 1. The Morgan fingerprint density at radius 3 is 2.26 bits per heavy atom. The highest BCUT2D eigenvalue weighted by Gasteiger charge is 2.30. The molecule has 2 aromatic carbocycles. The van der Waals surface area contributed by atoms with Gasteiger partial charge in [-0.25, -0.2) is 12.8 Å². The Balaban J connectivity index is 2.37. The van der Waals surface area contributed by atoms with E-state index in [1.165, 1.54) is 44.2 Å². The van der Waals surface area contributed by atoms with E-state index in [1.54, 1.807) is 24.3 Å². The summed E-state index contributed by atoms with van der Waals surface area (Å²) in [5.74, 6) is -1.22. The Kier molecular flexibility index (Phi) is 7.98. The van der Waals surface area contributed by atoms with Gasteiger partial charge in [0.05, 0.1) is 19.1 Å². The number of amides is 2. The summed E-state index contributed by atoms with van der Waals surface area (Å²) in [6, 6.07) is 11.3. The first-order chi connectivity index (χ1) is 14.6. The number of benzene rings is 2. The van der Waals surface area contributed by atoms with Crippen molar-refractivity contribution in [1.82, 2.24) is 10.2 Å². The maximum atomic E-state index is 14.3. The molecule has 0 radical (unpaired) electrons. The van der Waals surface area contributed by atoms with Gasteiger partial charge in [-0.05, 0) is 36.8 Å². The summed E-state index contributed by atoms with van der Waals surface area (Å²) in [4.78, 5) is 26.7. The van der Waals surface area contributed by atoms with Crippen molar-refractivity contribution < 1.29 is 27.1 Å². The number of para-hydroxylation sites is 1. The molecule has 31 heavy (non-hydrogen) atoms. The minimum Gasteiger partial charge on any atom is -0.497 e. The molecule has 0 fully saturated rings. The van der Waals surface area contributed by atoms with Gasteiger partial charge < -0.3 is 15.0 Å². The number of carbonyl (C=O) groups is 2. The molecular formula is C21H26FN3O5S. The second-order valence-electron chi connectivity index (χ2n) is 6.88. The number of methoxy groups -OCH3 is 1. The lowest BCUT2D eigenvalue weighted by atomic mass is 10.1. The lowest BCUT2D eigenvalue weighted by molar-refractivity contribution is -0.139. The number of anilines is 1. The van der Waals surface area contributed by atoms with Crippen molar-refractivity contribution in [2.45, 2.75) is 19.5 Å². The average Bonchev–Trinajstić information content (AvgIpc) is 2.74. The van der Waals surface area contributed by atoms with E-state index in [4.69, 9.17) is 4.74 Å². The van der Waals surface area contributed by atoms with Crippen LogP contribution in [0.25, 0.3) is 0 Å². The normalized spacial score (nSPS) is 12.0. The van der Waals surface area contributed by atoms with Crippen LogP contribution in [0.5, 0.6) is 5.75 Å². The molecule has 0 spiro atoms. The fourth-order valence-electron chi connectivity index (χ4n) is 2.97. The lowest BCUT2D eigenvalue weighted by Gasteiger charge is -2.31. The molecule has 0 aromatic heterocycles. The van der Waals surface area contributed by atoms with Crippen LogP contribution in [-0.4, -0.2) is 58.1 Å². The summed E-state index contributed by atoms with van der Waals surface area (Å²) in [6.45, 7) is 0.928. The molecule has 0 aliphatic rings. The minimum atomic E-state index is -3.97. The minimum absolute atomic E-state index is 0.0479. The van der Waals surface area contributed by atoms with Gasteiger partial charge >= 0.3 is 0 Å². The van der Waals surface area contributed by atoms with Crippen molar-refractivity contribution in [2.24, 2.45) is 0 Å². The first-order valence-electron chi connectivity index (χ1n) is 9.44. The van der Waals surface area contributed by atoms with Crippen LogP contribution in [0.4, 0.5) is 10.1 Å². The molecule has 168 valence electrons. The Morgan fingerprint density at radius 2 is 1.74 bits per heavy atom. The molecular weight excluding hydrogens is 425 g/mol. The zero-order valence-electron chi connectivity index (χ0n) is 17.8. The highest BCUT2D eigenvalue weighted by Crippen LogP contribution is 2.22. The van der Waals surface area contributed by atoms with Crippen LogP contribution in [0.15, 0.2) is 48.5 Å². The maximum absolute atomic E-state index is 14.3. The molecule has 0 saturated carbocycles. The standard InChI is InChI=1S/C21H26FN3O5S/c1-15(21(27)23-2)24(13-16-9-11-17(30-3)12-10-16)20(26)14-25(31(4,28)29)19-8-6-5-7-18(19)22/h5-12,15H,13-14H2,1-4H3,(H,23,27)/t15-/m1/s1. The van der Waals surface area contributed by atoms with Gasteiger partial charge in [0, 0.05) is 13.6 Å². The zero-order valence-corrected chi connectivity index (χ0v) is 18.6. The van der Waals surface area contributed by atoms with Crippen molar-refractivity contribution in [3.8, 4) is 5.75 Å². The number of rotatable bonds is 9. The second-order valence-corrected chi connectivity index (χ2v) is 8.79. The highest BCUT2D eigenvalue weighted by molar-refractivity contribution is 7.92. The third kappa shape index (κ3) is 6.17. The monoisotopic (exact) mass is 451 g/mol. The predicted molar refractivity (Wildman–Crippen MR) is 116 cm³/mol. The largest absolute Gasteiger partial charge is 0.497 e. The molecule has 0 unspecified atom stereocenters. The molecule has 0 bridgehead atoms. The van der Waals surface area contributed by atoms with E-state index < -0.39 is 40.2 Å². The number of hydrogen-bond donors (Lipinski definition) is 1. The van der Waals surface area contributed by atoms with Gasteiger partial charge in [-0.3, -0.25) is 13.9 Å². The number of sulfonamides is 1. The second kappa shape index (κ2) is 10.3. The summed E-state index contributed by atoms with van der Waals surface area (Å²) in [5.41, 5.74) is 0.469. The van der Waals surface area contributed by atoms with Crippen LogP contribution >= 0.6 is 0 Å². The van der Waals surface area contributed by atoms with Crippen LogP contribution in [0, 0.1) is 5.82 Å². The predicted octanol–water partition coefficient (Wildman–Crippen LogP) is 1.76. The Labute approximate surface area is 181 Å². The Bertz CT molecular complexity index is 1030. The van der Waals surface area contributed by atoms with Gasteiger partial charge in [-0.2, -0.15) is 0 Å². The molecule has 1 N–H and O–H groups in total. The number of hydrogen-bond acceptors (Lipinski definition) is 5. The van der Waals surface area contributed by atoms with Crippen molar-refractivity contribution in [1.29, 1.82) is 0 Å². The topological polar surface area (TPSA) is 96.0 Å². The number of ether oxygens (including phenoxy) is 1. The van der Waals surface area contributed by atoms with Gasteiger partial charge in [0.1, 0.15) is 24.2 Å². The first kappa shape index (κ1) is 24.1. The molecule has 2 rings (SSSR count). The molecule has 2 aromatic rings. The van der Waals surface area contributed by atoms with Crippen molar-refractivity contribution in [3.63, 3.8) is 0 Å². The molecule has 1 atom stereocenters. The van der Waals surface area contributed by atoms with Crippen molar-refractivity contribution in [3.05, 3.63) is 59.9 Å². The molecule has 10 heteroatoms. The van der Waals surface area contributed by atoms with E-state index in [2.05, 4.69) is 5.32 Å². The van der Waals surface area contributed by atoms with Crippen LogP contribution in [0.2, 0.25) is 0 Å². The molecule has 2 amide bonds. The van der Waals surface area contributed by atoms with E-state index in [9.17, 15) is 22.4 Å². The summed E-state index contributed by atoms with van der Waals surface area (Å²) >= 11 is 0. The third-order valence-electron chi connectivity index (χ3n) is 4.73. The maximum Gasteiger partial charge on any atom is 0.244 e. The molecule has 0 heterocycles. The SMILES string of the molecule is CNC(=O)[C@@H](C)N(Cc1ccc(OC)cc1)C(=O)CN(c1ccccc1F)S(C)(=O)=O. The number of halogens is 1. The molecule has 0 aliphatic heterocycles. The Hall–Kier alpha value is -3.14. The van der Waals surface area contributed by atoms with Crippen molar-refractivity contribution in [2.75, 3.05) is 31.3 Å². The van der Waals surface area contributed by atoms with E-state index >= 15 is 0 Å². The summed E-state index contributed by atoms with van der Waals surface area (Å²) < 4.78 is 44.7. The smallest absolute Gasteiger partial charge is 0.244 e. The summed E-state index contributed by atoms with van der Waals surface area (Å²) in [5, 5.41) is 2.48. The van der Waals surface area contributed by atoms with Gasteiger partial charge in [0.2, 0.25) is 21.8 Å². The average molecular weight is 452 g/mol. The summed E-state index contributed by atoms with van der Waals surface area (Å²) in [6.07, 6.45) is 0.892. The van der Waals surface area contributed by atoms with Crippen LogP contribution in [-0.2, 0) is 26.2 Å². The molecule has 0 saturated heterocycles. The van der Waals surface area contributed by atoms with Crippen LogP contribution in [0.3, 0.4) is 0 Å². The van der Waals surface area contributed by atoms with Gasteiger partial charge in [0.15, 0.2) is 0 Å². The fourth-order valence-corrected chi connectivity index (χ4v) is 3.82. The van der Waals surface area contributed by atoms with E-state index in [1.807, 2.05) is 0 Å². The quantitative estimate of drug-likeness (QED) is 0.627. The van der Waals surface area contributed by atoms with Gasteiger partial charge in [-0.1, -0.05) is 24.3 Å². The van der Waals surface area contributed by atoms with Crippen molar-refractivity contribution >= 4 is 27.5 Å². The van der Waals surface area contributed by atoms with E-state index in [-0.39, 0.29) is 12.2 Å².